The van der Waals surface area contributed by atoms with Gasteiger partial charge in [0.1, 0.15) is 0 Å². The molecular formula is C13H25N3O2. The number of nitrogens with one attached hydrogen (secondary N) is 1. The van der Waals surface area contributed by atoms with Gasteiger partial charge in [-0.05, 0) is 38.9 Å². The van der Waals surface area contributed by atoms with Crippen LogP contribution in [0.4, 0.5) is 0 Å². The third kappa shape index (κ3) is 4.23. The maximum atomic E-state index is 12.1. The fourth-order valence-electron chi connectivity index (χ4n) is 2.73. The van der Waals surface area contributed by atoms with Crippen LogP contribution in [0.5, 0.6) is 0 Å². The molecule has 5 heteroatoms. The highest BCUT2D eigenvalue weighted by Gasteiger charge is 2.20. The number of hydrogen-bond donors (Lipinski definition) is 1. The molecule has 1 amide bonds. The van der Waals surface area contributed by atoms with Gasteiger partial charge in [0.05, 0.1) is 19.8 Å². The molecule has 0 aromatic rings. The fraction of sp³-hybridized carbons (Fsp3) is 0.923. The van der Waals surface area contributed by atoms with Gasteiger partial charge in [-0.1, -0.05) is 0 Å². The van der Waals surface area contributed by atoms with E-state index in [1.54, 1.807) is 0 Å². The van der Waals surface area contributed by atoms with Gasteiger partial charge in [-0.2, -0.15) is 0 Å². The zero-order valence-electron chi connectivity index (χ0n) is 11.4. The molecule has 104 valence electrons. The normalized spacial score (nSPS) is 25.4. The summed E-state index contributed by atoms with van der Waals surface area (Å²) in [5, 5.41) is 3.42. The van der Waals surface area contributed by atoms with Crippen molar-refractivity contribution in [3.05, 3.63) is 0 Å². The lowest BCUT2D eigenvalue weighted by atomic mass is 9.99. The van der Waals surface area contributed by atoms with Gasteiger partial charge in [-0.3, -0.25) is 9.69 Å². The molecule has 2 fully saturated rings. The molecule has 0 aromatic carbocycles. The van der Waals surface area contributed by atoms with Crippen molar-refractivity contribution in [2.24, 2.45) is 5.92 Å². The summed E-state index contributed by atoms with van der Waals surface area (Å²) in [6.45, 7) is 6.65. The lowest BCUT2D eigenvalue weighted by Crippen LogP contribution is -2.46. The molecule has 0 aliphatic carbocycles. The summed E-state index contributed by atoms with van der Waals surface area (Å²) < 4.78 is 5.26. The minimum atomic E-state index is 0.240. The number of hydrogen-bond acceptors (Lipinski definition) is 4. The second-order valence-electron chi connectivity index (χ2n) is 5.40. The summed E-state index contributed by atoms with van der Waals surface area (Å²) in [7, 11) is 2.05. The summed E-state index contributed by atoms with van der Waals surface area (Å²) >= 11 is 0. The molecule has 0 aromatic heterocycles. The van der Waals surface area contributed by atoms with E-state index in [0.717, 1.165) is 32.7 Å². The van der Waals surface area contributed by atoms with E-state index in [9.17, 15) is 4.79 Å². The minimum Gasteiger partial charge on any atom is -0.378 e. The summed E-state index contributed by atoms with van der Waals surface area (Å²) in [6.07, 6.45) is 2.54. The Morgan fingerprint density at radius 3 is 2.89 bits per heavy atom. The first-order valence-corrected chi connectivity index (χ1v) is 7.00. The number of carbonyl (C=O) groups is 1. The van der Waals surface area contributed by atoms with E-state index < -0.39 is 0 Å². The van der Waals surface area contributed by atoms with Crippen LogP contribution < -0.4 is 5.32 Å². The largest absolute Gasteiger partial charge is 0.378 e. The summed E-state index contributed by atoms with van der Waals surface area (Å²) in [5.74, 6) is 0.936. The van der Waals surface area contributed by atoms with Crippen molar-refractivity contribution >= 4 is 5.91 Å². The number of rotatable bonds is 4. The lowest BCUT2D eigenvalue weighted by molar-refractivity contribution is -0.136. The number of ether oxygens (including phenoxy) is 1. The SMILES string of the molecule is CN(CC(=O)N1CCOCC1)CC1CCCNC1. The molecule has 5 nitrogen and oxygen atoms in total. The van der Waals surface area contributed by atoms with Crippen LogP contribution in [0.25, 0.3) is 0 Å². The second kappa shape index (κ2) is 7.07. The van der Waals surface area contributed by atoms with E-state index in [-0.39, 0.29) is 5.91 Å². The molecular weight excluding hydrogens is 230 g/mol. The first-order valence-electron chi connectivity index (χ1n) is 7.00. The van der Waals surface area contributed by atoms with Crippen LogP contribution in [0.3, 0.4) is 0 Å². The maximum absolute atomic E-state index is 12.1. The maximum Gasteiger partial charge on any atom is 0.236 e. The van der Waals surface area contributed by atoms with Crippen LogP contribution in [-0.2, 0) is 9.53 Å². The molecule has 0 radical (unpaired) electrons. The van der Waals surface area contributed by atoms with Crippen molar-refractivity contribution in [2.75, 3.05) is 59.5 Å². The van der Waals surface area contributed by atoms with E-state index in [4.69, 9.17) is 4.74 Å². The quantitative estimate of drug-likeness (QED) is 0.754. The molecule has 0 spiro atoms. The third-order valence-corrected chi connectivity index (χ3v) is 3.74. The van der Waals surface area contributed by atoms with Gasteiger partial charge < -0.3 is 15.0 Å². The Kier molecular flexibility index (Phi) is 5.41. The van der Waals surface area contributed by atoms with E-state index >= 15 is 0 Å². The zero-order chi connectivity index (χ0) is 12.8. The van der Waals surface area contributed by atoms with Crippen LogP contribution in [0.15, 0.2) is 0 Å². The summed E-state index contributed by atoms with van der Waals surface area (Å²) in [4.78, 5) is 16.1. The van der Waals surface area contributed by atoms with E-state index in [2.05, 4.69) is 10.2 Å². The molecule has 2 rings (SSSR count). The van der Waals surface area contributed by atoms with Crippen LogP contribution in [0.1, 0.15) is 12.8 Å². The number of carbonyl (C=O) groups excluding carboxylic acids is 1. The Bertz CT molecular complexity index is 261. The van der Waals surface area contributed by atoms with Gasteiger partial charge in [-0.25, -0.2) is 0 Å². The molecule has 0 saturated carbocycles. The first kappa shape index (κ1) is 13.8. The van der Waals surface area contributed by atoms with Crippen molar-refractivity contribution in [1.82, 2.24) is 15.1 Å². The number of amides is 1. The van der Waals surface area contributed by atoms with Gasteiger partial charge in [0, 0.05) is 19.6 Å². The lowest BCUT2D eigenvalue weighted by Gasteiger charge is -2.31. The smallest absolute Gasteiger partial charge is 0.236 e. The highest BCUT2D eigenvalue weighted by atomic mass is 16.5. The topological polar surface area (TPSA) is 44.8 Å². The molecule has 2 aliphatic heterocycles. The third-order valence-electron chi connectivity index (χ3n) is 3.74. The van der Waals surface area contributed by atoms with Crippen molar-refractivity contribution < 1.29 is 9.53 Å². The van der Waals surface area contributed by atoms with E-state index in [0.29, 0.717) is 25.7 Å². The fourth-order valence-corrected chi connectivity index (χ4v) is 2.73. The van der Waals surface area contributed by atoms with E-state index in [1.165, 1.54) is 12.8 Å². The molecule has 1 atom stereocenters. The summed E-state index contributed by atoms with van der Waals surface area (Å²) in [6, 6.07) is 0. The van der Waals surface area contributed by atoms with Gasteiger partial charge >= 0.3 is 0 Å². The van der Waals surface area contributed by atoms with Gasteiger partial charge in [-0.15, -0.1) is 0 Å². The van der Waals surface area contributed by atoms with E-state index in [1.807, 2.05) is 11.9 Å². The van der Waals surface area contributed by atoms with Crippen molar-refractivity contribution in [3.63, 3.8) is 0 Å². The predicted molar refractivity (Wildman–Crippen MR) is 70.5 cm³/mol. The van der Waals surface area contributed by atoms with Gasteiger partial charge in [0.25, 0.3) is 0 Å². The Hall–Kier alpha value is -0.650. The summed E-state index contributed by atoms with van der Waals surface area (Å²) in [5.41, 5.74) is 0. The number of nitrogens with zero attached hydrogens (tertiary/aromatic N) is 2. The highest BCUT2D eigenvalue weighted by Crippen LogP contribution is 2.11. The Labute approximate surface area is 109 Å². The Balaban J connectivity index is 1.68. The number of piperidine rings is 1. The second-order valence-corrected chi connectivity index (χ2v) is 5.40. The number of likely N-dealkylation sites (N-methyl/N-ethyl adjacent to an activating group) is 1. The minimum absolute atomic E-state index is 0.240. The predicted octanol–water partition coefficient (Wildman–Crippen LogP) is -0.223. The zero-order valence-corrected chi connectivity index (χ0v) is 11.4. The molecule has 18 heavy (non-hydrogen) atoms. The average molecular weight is 255 g/mol. The van der Waals surface area contributed by atoms with Crippen molar-refractivity contribution in [1.29, 1.82) is 0 Å². The van der Waals surface area contributed by atoms with Crippen LogP contribution in [-0.4, -0.2) is 75.2 Å². The molecule has 1 N–H and O–H groups in total. The van der Waals surface area contributed by atoms with Crippen molar-refractivity contribution in [2.45, 2.75) is 12.8 Å². The monoisotopic (exact) mass is 255 g/mol. The van der Waals surface area contributed by atoms with Crippen molar-refractivity contribution in [3.8, 4) is 0 Å². The van der Waals surface area contributed by atoms with Crippen LogP contribution in [0, 0.1) is 5.92 Å². The van der Waals surface area contributed by atoms with Gasteiger partial charge in [0.15, 0.2) is 0 Å². The highest BCUT2D eigenvalue weighted by molar-refractivity contribution is 5.78. The Morgan fingerprint density at radius 2 is 2.22 bits per heavy atom. The standard InChI is InChI=1S/C13H25N3O2/c1-15(10-12-3-2-4-14-9-12)11-13(17)16-5-7-18-8-6-16/h12,14H,2-11H2,1H3. The molecule has 2 heterocycles. The molecule has 2 saturated heterocycles. The van der Waals surface area contributed by atoms with Crippen LogP contribution in [0.2, 0.25) is 0 Å². The Morgan fingerprint density at radius 1 is 1.44 bits per heavy atom. The van der Waals surface area contributed by atoms with Gasteiger partial charge in [0.2, 0.25) is 5.91 Å². The molecule has 2 aliphatic rings. The molecule has 0 bridgehead atoms. The average Bonchev–Trinajstić information content (AvgIpc) is 2.40. The number of morpholine rings is 1. The van der Waals surface area contributed by atoms with Crippen LogP contribution >= 0.6 is 0 Å². The first-order chi connectivity index (χ1) is 8.75. The molecule has 1 unspecified atom stereocenters.